The Morgan fingerprint density at radius 2 is 2.14 bits per heavy atom. The first-order valence-electron chi connectivity index (χ1n) is 5.07. The smallest absolute Gasteiger partial charge is 0.0893 e. The van der Waals surface area contributed by atoms with Crippen LogP contribution in [0.2, 0.25) is 0 Å². The standard InChI is InChI=1S/C12H16O2/c1-12(9-13)8-7-11(14-12)10-5-3-2-4-6-10/h2-6,11,13H,7-9H2,1H3/t11-,12-/m1/s1. The number of ether oxygens (including phenoxy) is 1. The van der Waals surface area contributed by atoms with Gasteiger partial charge in [-0.2, -0.15) is 0 Å². The summed E-state index contributed by atoms with van der Waals surface area (Å²) in [4.78, 5) is 0. The number of aliphatic hydroxyl groups is 1. The van der Waals surface area contributed by atoms with Crippen LogP contribution >= 0.6 is 0 Å². The fourth-order valence-electron chi connectivity index (χ4n) is 1.92. The molecule has 2 atom stereocenters. The highest BCUT2D eigenvalue weighted by Gasteiger charge is 2.35. The van der Waals surface area contributed by atoms with Gasteiger partial charge in [-0.15, -0.1) is 0 Å². The average Bonchev–Trinajstić information content (AvgIpc) is 2.63. The molecular weight excluding hydrogens is 176 g/mol. The minimum Gasteiger partial charge on any atom is -0.393 e. The van der Waals surface area contributed by atoms with Gasteiger partial charge in [-0.1, -0.05) is 30.3 Å². The van der Waals surface area contributed by atoms with Gasteiger partial charge in [0, 0.05) is 0 Å². The van der Waals surface area contributed by atoms with Gasteiger partial charge in [0.25, 0.3) is 0 Å². The molecule has 76 valence electrons. The van der Waals surface area contributed by atoms with Crippen molar-refractivity contribution in [2.45, 2.75) is 31.5 Å². The molecule has 0 aliphatic carbocycles. The van der Waals surface area contributed by atoms with Gasteiger partial charge in [-0.25, -0.2) is 0 Å². The fourth-order valence-corrected chi connectivity index (χ4v) is 1.92. The highest BCUT2D eigenvalue weighted by Crippen LogP contribution is 2.38. The van der Waals surface area contributed by atoms with E-state index >= 15 is 0 Å². The molecule has 0 radical (unpaired) electrons. The maximum absolute atomic E-state index is 9.16. The third-order valence-corrected chi connectivity index (χ3v) is 2.87. The first kappa shape index (κ1) is 9.69. The van der Waals surface area contributed by atoms with Crippen molar-refractivity contribution in [1.29, 1.82) is 0 Å². The van der Waals surface area contributed by atoms with E-state index in [4.69, 9.17) is 9.84 Å². The van der Waals surface area contributed by atoms with Crippen LogP contribution in [0.5, 0.6) is 0 Å². The molecule has 2 heteroatoms. The summed E-state index contributed by atoms with van der Waals surface area (Å²) in [5, 5.41) is 9.16. The van der Waals surface area contributed by atoms with Crippen LogP contribution in [0.1, 0.15) is 31.4 Å². The summed E-state index contributed by atoms with van der Waals surface area (Å²) >= 11 is 0. The summed E-state index contributed by atoms with van der Waals surface area (Å²) in [6.07, 6.45) is 2.10. The van der Waals surface area contributed by atoms with Gasteiger partial charge in [-0.05, 0) is 25.3 Å². The number of hydrogen-bond acceptors (Lipinski definition) is 2. The van der Waals surface area contributed by atoms with Crippen molar-refractivity contribution < 1.29 is 9.84 Å². The Morgan fingerprint density at radius 3 is 2.71 bits per heavy atom. The van der Waals surface area contributed by atoms with E-state index in [-0.39, 0.29) is 18.3 Å². The zero-order valence-corrected chi connectivity index (χ0v) is 8.44. The Hall–Kier alpha value is -0.860. The molecule has 1 aliphatic rings. The first-order valence-corrected chi connectivity index (χ1v) is 5.07. The predicted molar refractivity (Wildman–Crippen MR) is 55.0 cm³/mol. The summed E-state index contributed by atoms with van der Waals surface area (Å²) in [5.74, 6) is 0. The van der Waals surface area contributed by atoms with Gasteiger partial charge in [-0.3, -0.25) is 0 Å². The summed E-state index contributed by atoms with van der Waals surface area (Å²) in [6.45, 7) is 2.08. The summed E-state index contributed by atoms with van der Waals surface area (Å²) in [5.41, 5.74) is 0.880. The molecule has 0 saturated carbocycles. The lowest BCUT2D eigenvalue weighted by molar-refractivity contribution is -0.0618. The van der Waals surface area contributed by atoms with Gasteiger partial charge in [0.2, 0.25) is 0 Å². The first-order chi connectivity index (χ1) is 6.73. The Labute approximate surface area is 84.5 Å². The van der Waals surface area contributed by atoms with Crippen LogP contribution in [0.15, 0.2) is 30.3 Å². The summed E-state index contributed by atoms with van der Waals surface area (Å²) < 4.78 is 5.83. The molecule has 1 saturated heterocycles. The van der Waals surface area contributed by atoms with E-state index in [1.165, 1.54) is 5.56 Å². The van der Waals surface area contributed by atoms with E-state index in [1.54, 1.807) is 0 Å². The Kier molecular flexibility index (Phi) is 2.57. The molecule has 1 N–H and O–H groups in total. The topological polar surface area (TPSA) is 29.5 Å². The zero-order chi connectivity index (χ0) is 10.0. The number of rotatable bonds is 2. The van der Waals surface area contributed by atoms with Crippen molar-refractivity contribution in [3.63, 3.8) is 0 Å². The largest absolute Gasteiger partial charge is 0.393 e. The Morgan fingerprint density at radius 1 is 1.43 bits per heavy atom. The second kappa shape index (κ2) is 3.71. The van der Waals surface area contributed by atoms with E-state index in [0.29, 0.717) is 0 Å². The minimum atomic E-state index is -0.333. The van der Waals surface area contributed by atoms with Crippen molar-refractivity contribution in [3.05, 3.63) is 35.9 Å². The van der Waals surface area contributed by atoms with Gasteiger partial charge in [0.05, 0.1) is 18.3 Å². The second-order valence-electron chi connectivity index (χ2n) is 4.16. The molecule has 0 unspecified atom stereocenters. The molecule has 2 nitrogen and oxygen atoms in total. The van der Waals surface area contributed by atoms with E-state index in [0.717, 1.165) is 12.8 Å². The number of hydrogen-bond donors (Lipinski definition) is 1. The normalized spacial score (nSPS) is 32.0. The molecule has 1 aromatic rings. The monoisotopic (exact) mass is 192 g/mol. The van der Waals surface area contributed by atoms with Gasteiger partial charge in [0.15, 0.2) is 0 Å². The lowest BCUT2D eigenvalue weighted by Gasteiger charge is -2.22. The predicted octanol–water partition coefficient (Wildman–Crippen LogP) is 2.29. The van der Waals surface area contributed by atoms with Crippen LogP contribution in [-0.4, -0.2) is 17.3 Å². The summed E-state index contributed by atoms with van der Waals surface area (Å²) in [6, 6.07) is 10.2. The van der Waals surface area contributed by atoms with Crippen molar-refractivity contribution in [3.8, 4) is 0 Å². The third-order valence-electron chi connectivity index (χ3n) is 2.87. The van der Waals surface area contributed by atoms with E-state index in [9.17, 15) is 0 Å². The minimum absolute atomic E-state index is 0.107. The van der Waals surface area contributed by atoms with Gasteiger partial charge in [0.1, 0.15) is 0 Å². The van der Waals surface area contributed by atoms with E-state index < -0.39 is 0 Å². The van der Waals surface area contributed by atoms with Crippen LogP contribution in [-0.2, 0) is 4.74 Å². The number of aliphatic hydroxyl groups excluding tert-OH is 1. The third kappa shape index (κ3) is 1.81. The van der Waals surface area contributed by atoms with Crippen LogP contribution in [0.25, 0.3) is 0 Å². The van der Waals surface area contributed by atoms with Crippen LogP contribution < -0.4 is 0 Å². The molecular formula is C12H16O2. The molecule has 1 fully saturated rings. The Bertz CT molecular complexity index is 296. The molecule has 0 aromatic heterocycles. The molecule has 14 heavy (non-hydrogen) atoms. The number of benzene rings is 1. The zero-order valence-electron chi connectivity index (χ0n) is 8.44. The highest BCUT2D eigenvalue weighted by molar-refractivity contribution is 5.18. The van der Waals surface area contributed by atoms with Gasteiger partial charge < -0.3 is 9.84 Å². The van der Waals surface area contributed by atoms with Crippen LogP contribution in [0.3, 0.4) is 0 Å². The van der Waals surface area contributed by atoms with E-state index in [1.807, 2.05) is 25.1 Å². The second-order valence-corrected chi connectivity index (χ2v) is 4.16. The van der Waals surface area contributed by atoms with Crippen LogP contribution in [0, 0.1) is 0 Å². The molecule has 0 bridgehead atoms. The lowest BCUT2D eigenvalue weighted by Crippen LogP contribution is -2.27. The fraction of sp³-hybridized carbons (Fsp3) is 0.500. The molecule has 0 amide bonds. The van der Waals surface area contributed by atoms with Crippen molar-refractivity contribution in [2.24, 2.45) is 0 Å². The summed E-state index contributed by atoms with van der Waals surface area (Å²) in [7, 11) is 0. The van der Waals surface area contributed by atoms with Crippen molar-refractivity contribution in [2.75, 3.05) is 6.61 Å². The Balaban J connectivity index is 2.10. The maximum Gasteiger partial charge on any atom is 0.0893 e. The van der Waals surface area contributed by atoms with Crippen molar-refractivity contribution in [1.82, 2.24) is 0 Å². The highest BCUT2D eigenvalue weighted by atomic mass is 16.5. The molecule has 2 rings (SSSR count). The maximum atomic E-state index is 9.16. The van der Waals surface area contributed by atoms with Crippen molar-refractivity contribution >= 4 is 0 Å². The molecule has 1 heterocycles. The lowest BCUT2D eigenvalue weighted by atomic mass is 10.0. The van der Waals surface area contributed by atoms with E-state index in [2.05, 4.69) is 12.1 Å². The average molecular weight is 192 g/mol. The molecule has 1 aliphatic heterocycles. The van der Waals surface area contributed by atoms with Crippen LogP contribution in [0.4, 0.5) is 0 Å². The van der Waals surface area contributed by atoms with Gasteiger partial charge >= 0.3 is 0 Å². The quantitative estimate of drug-likeness (QED) is 0.779. The molecule has 0 spiro atoms. The SMILES string of the molecule is C[C@]1(CO)CC[C@H](c2ccccc2)O1. The molecule has 1 aromatic carbocycles.